The van der Waals surface area contributed by atoms with Gasteiger partial charge in [0.1, 0.15) is 5.75 Å². The van der Waals surface area contributed by atoms with E-state index in [2.05, 4.69) is 4.85 Å². The Morgan fingerprint density at radius 1 is 1.46 bits per heavy atom. The lowest BCUT2D eigenvalue weighted by molar-refractivity contribution is 0.411. The van der Waals surface area contributed by atoms with Crippen molar-refractivity contribution in [3.63, 3.8) is 0 Å². The molecule has 0 aromatic heterocycles. The van der Waals surface area contributed by atoms with Crippen molar-refractivity contribution in [1.82, 2.24) is 0 Å². The highest BCUT2D eigenvalue weighted by Crippen LogP contribution is 2.20. The Morgan fingerprint density at radius 3 is 2.85 bits per heavy atom. The lowest BCUT2D eigenvalue weighted by Gasteiger charge is -2.07. The molecule has 0 aliphatic rings. The van der Waals surface area contributed by atoms with Crippen molar-refractivity contribution in [1.29, 1.82) is 0 Å². The van der Waals surface area contributed by atoms with E-state index in [1.165, 1.54) is 5.56 Å². The molecule has 0 saturated heterocycles. The zero-order valence-corrected chi connectivity index (χ0v) is 8.00. The molecule has 1 rings (SSSR count). The van der Waals surface area contributed by atoms with Gasteiger partial charge in [-0.2, -0.15) is 0 Å². The minimum absolute atomic E-state index is 0.550. The molecule has 68 valence electrons. The number of nitrogens with zero attached hydrogens (tertiary/aromatic N) is 1. The average molecular weight is 175 g/mol. The lowest BCUT2D eigenvalue weighted by Crippen LogP contribution is -1.95. The first-order valence-corrected chi connectivity index (χ1v) is 4.25. The molecular weight excluding hydrogens is 162 g/mol. The van der Waals surface area contributed by atoms with Gasteiger partial charge in [0.15, 0.2) is 0 Å². The summed E-state index contributed by atoms with van der Waals surface area (Å²) in [6, 6.07) is 5.95. The van der Waals surface area contributed by atoms with Crippen molar-refractivity contribution in [3.05, 3.63) is 40.7 Å². The molecular formula is C11H13NO. The van der Waals surface area contributed by atoms with E-state index in [-0.39, 0.29) is 0 Å². The molecule has 1 aromatic carbocycles. The summed E-state index contributed by atoms with van der Waals surface area (Å²) in [4.78, 5) is 3.34. The van der Waals surface area contributed by atoms with Crippen LogP contribution in [0.1, 0.15) is 11.1 Å². The molecule has 1 aromatic rings. The van der Waals surface area contributed by atoms with E-state index in [1.807, 2.05) is 25.1 Å². The molecule has 0 saturated carbocycles. The Hall–Kier alpha value is -1.49. The molecule has 0 aliphatic carbocycles. The molecule has 0 aliphatic heterocycles. The molecule has 13 heavy (non-hydrogen) atoms. The Bertz CT molecular complexity index is 325. The molecule has 0 bridgehead atoms. The molecule has 0 heterocycles. The predicted octanol–water partition coefficient (Wildman–Crippen LogP) is 2.47. The number of methoxy groups -OCH3 is 1. The summed E-state index contributed by atoms with van der Waals surface area (Å²) in [5.74, 6) is 0.905. The summed E-state index contributed by atoms with van der Waals surface area (Å²) in [5.41, 5.74) is 2.35. The van der Waals surface area contributed by atoms with Gasteiger partial charge in [0.2, 0.25) is 6.54 Å². The van der Waals surface area contributed by atoms with Crippen LogP contribution >= 0.6 is 0 Å². The summed E-state index contributed by atoms with van der Waals surface area (Å²) < 4.78 is 5.19. The third-order valence-corrected chi connectivity index (χ3v) is 2.11. The minimum Gasteiger partial charge on any atom is -0.496 e. The zero-order valence-electron chi connectivity index (χ0n) is 8.00. The van der Waals surface area contributed by atoms with Gasteiger partial charge in [-0.3, -0.25) is 0 Å². The Morgan fingerprint density at radius 2 is 2.23 bits per heavy atom. The molecule has 2 nitrogen and oxygen atoms in total. The number of rotatable bonds is 3. The SMILES string of the molecule is [C-]#[N+]CCc1cccc(OC)c1C. The van der Waals surface area contributed by atoms with E-state index in [1.54, 1.807) is 7.11 Å². The Kier molecular flexibility index (Phi) is 3.33. The first kappa shape index (κ1) is 9.60. The molecule has 0 N–H and O–H groups in total. The van der Waals surface area contributed by atoms with Gasteiger partial charge in [-0.15, -0.1) is 0 Å². The Balaban J connectivity index is 2.89. The number of benzene rings is 1. The van der Waals surface area contributed by atoms with Crippen molar-refractivity contribution in [2.75, 3.05) is 13.7 Å². The van der Waals surface area contributed by atoms with Crippen LogP contribution in [0.15, 0.2) is 18.2 Å². The second kappa shape index (κ2) is 4.51. The van der Waals surface area contributed by atoms with E-state index in [4.69, 9.17) is 11.3 Å². The fourth-order valence-electron chi connectivity index (χ4n) is 1.33. The van der Waals surface area contributed by atoms with Crippen LogP contribution in [0.25, 0.3) is 4.85 Å². The maximum atomic E-state index is 6.71. The summed E-state index contributed by atoms with van der Waals surface area (Å²) in [6.07, 6.45) is 0.812. The highest BCUT2D eigenvalue weighted by atomic mass is 16.5. The third-order valence-electron chi connectivity index (χ3n) is 2.11. The fraction of sp³-hybridized carbons (Fsp3) is 0.364. The van der Waals surface area contributed by atoms with Gasteiger partial charge in [-0.05, 0) is 24.1 Å². The number of hydrogen-bond acceptors (Lipinski definition) is 1. The standard InChI is InChI=1S/C11H13NO/c1-9-10(7-8-12-2)5-4-6-11(9)13-3/h4-6H,7-8H2,1,3H3. The van der Waals surface area contributed by atoms with Crippen molar-refractivity contribution in [3.8, 4) is 5.75 Å². The van der Waals surface area contributed by atoms with Crippen molar-refractivity contribution >= 4 is 0 Å². The summed E-state index contributed by atoms with van der Waals surface area (Å²) >= 11 is 0. The van der Waals surface area contributed by atoms with Crippen LogP contribution in [0.3, 0.4) is 0 Å². The number of hydrogen-bond donors (Lipinski definition) is 0. The molecule has 0 atom stereocenters. The second-order valence-corrected chi connectivity index (χ2v) is 2.88. The largest absolute Gasteiger partial charge is 0.496 e. The van der Waals surface area contributed by atoms with Crippen LogP contribution in [-0.4, -0.2) is 13.7 Å². The van der Waals surface area contributed by atoms with Crippen LogP contribution in [0.5, 0.6) is 5.75 Å². The van der Waals surface area contributed by atoms with Gasteiger partial charge in [-0.25, -0.2) is 6.57 Å². The summed E-state index contributed by atoms with van der Waals surface area (Å²) in [7, 11) is 1.67. The van der Waals surface area contributed by atoms with Crippen LogP contribution in [0.4, 0.5) is 0 Å². The van der Waals surface area contributed by atoms with Crippen molar-refractivity contribution in [2.24, 2.45) is 0 Å². The minimum atomic E-state index is 0.550. The maximum absolute atomic E-state index is 6.71. The Labute approximate surface area is 79.0 Å². The van der Waals surface area contributed by atoms with Gasteiger partial charge >= 0.3 is 0 Å². The topological polar surface area (TPSA) is 13.6 Å². The maximum Gasteiger partial charge on any atom is 0.218 e. The lowest BCUT2D eigenvalue weighted by atomic mass is 10.1. The van der Waals surface area contributed by atoms with E-state index in [9.17, 15) is 0 Å². The third kappa shape index (κ3) is 2.22. The summed E-state index contributed by atoms with van der Waals surface area (Å²) in [6.45, 7) is 9.29. The number of ether oxygens (including phenoxy) is 1. The second-order valence-electron chi connectivity index (χ2n) is 2.88. The quantitative estimate of drug-likeness (QED) is 0.643. The van der Waals surface area contributed by atoms with Crippen LogP contribution in [0, 0.1) is 13.5 Å². The molecule has 0 unspecified atom stereocenters. The highest BCUT2D eigenvalue weighted by Gasteiger charge is 2.03. The van der Waals surface area contributed by atoms with Crippen LogP contribution in [-0.2, 0) is 6.42 Å². The molecule has 2 heteroatoms. The smallest absolute Gasteiger partial charge is 0.218 e. The predicted molar refractivity (Wildman–Crippen MR) is 52.9 cm³/mol. The monoisotopic (exact) mass is 175 g/mol. The zero-order chi connectivity index (χ0) is 9.68. The average Bonchev–Trinajstić information content (AvgIpc) is 2.16. The van der Waals surface area contributed by atoms with Crippen molar-refractivity contribution < 1.29 is 4.74 Å². The van der Waals surface area contributed by atoms with E-state index in [0.717, 1.165) is 17.7 Å². The van der Waals surface area contributed by atoms with Gasteiger partial charge in [0.05, 0.1) is 7.11 Å². The van der Waals surface area contributed by atoms with Gasteiger partial charge in [0, 0.05) is 6.42 Å². The van der Waals surface area contributed by atoms with E-state index < -0.39 is 0 Å². The van der Waals surface area contributed by atoms with Crippen LogP contribution in [0.2, 0.25) is 0 Å². The highest BCUT2D eigenvalue weighted by molar-refractivity contribution is 5.39. The van der Waals surface area contributed by atoms with Gasteiger partial charge < -0.3 is 9.58 Å². The molecule has 0 fully saturated rings. The first-order chi connectivity index (χ1) is 6.29. The van der Waals surface area contributed by atoms with E-state index in [0.29, 0.717) is 6.54 Å². The summed E-state index contributed by atoms with van der Waals surface area (Å²) in [5, 5.41) is 0. The molecule has 0 amide bonds. The normalized spacial score (nSPS) is 9.31. The van der Waals surface area contributed by atoms with Crippen molar-refractivity contribution in [2.45, 2.75) is 13.3 Å². The first-order valence-electron chi connectivity index (χ1n) is 4.25. The fourth-order valence-corrected chi connectivity index (χ4v) is 1.33. The van der Waals surface area contributed by atoms with E-state index >= 15 is 0 Å². The molecule has 0 spiro atoms. The van der Waals surface area contributed by atoms with Crippen LogP contribution < -0.4 is 4.74 Å². The molecule has 0 radical (unpaired) electrons. The van der Waals surface area contributed by atoms with Gasteiger partial charge in [-0.1, -0.05) is 12.1 Å². The van der Waals surface area contributed by atoms with Gasteiger partial charge in [0.25, 0.3) is 0 Å².